The molecule has 1 aromatic carbocycles. The van der Waals surface area contributed by atoms with Gasteiger partial charge in [-0.25, -0.2) is 4.68 Å². The third-order valence-electron chi connectivity index (χ3n) is 4.83. The molecule has 156 valence electrons. The maximum absolute atomic E-state index is 12.4. The van der Waals surface area contributed by atoms with Crippen molar-refractivity contribution in [3.63, 3.8) is 0 Å². The molecule has 0 fully saturated rings. The van der Waals surface area contributed by atoms with Crippen LogP contribution in [-0.2, 0) is 11.3 Å². The summed E-state index contributed by atoms with van der Waals surface area (Å²) in [4.78, 5) is 30.5. The van der Waals surface area contributed by atoms with Crippen LogP contribution < -0.4 is 5.32 Å². The first-order valence-corrected chi connectivity index (χ1v) is 10.8. The molecule has 0 saturated carbocycles. The van der Waals surface area contributed by atoms with Crippen molar-refractivity contribution < 1.29 is 9.59 Å². The Hall–Kier alpha value is -3.58. The number of ketones is 1. The lowest BCUT2D eigenvalue weighted by Crippen LogP contribution is -2.23. The minimum absolute atomic E-state index is 0.00243. The van der Waals surface area contributed by atoms with Crippen LogP contribution in [0.3, 0.4) is 0 Å². The fourth-order valence-corrected chi connectivity index (χ4v) is 4.06. The summed E-state index contributed by atoms with van der Waals surface area (Å²) in [6, 6.07) is 17.3. The molecule has 0 bridgehead atoms. The van der Waals surface area contributed by atoms with Crippen LogP contribution in [0.25, 0.3) is 16.9 Å². The number of hydrogen-bond acceptors (Lipinski definition) is 5. The van der Waals surface area contributed by atoms with E-state index in [1.807, 2.05) is 67.7 Å². The lowest BCUT2D eigenvalue weighted by atomic mass is 10.1. The number of carbonyl (C=O) groups excluding carboxylic acids is 2. The molecule has 0 unspecified atom stereocenters. The number of thiophene rings is 1. The second kappa shape index (κ2) is 9.49. The van der Waals surface area contributed by atoms with Crippen molar-refractivity contribution in [1.82, 2.24) is 20.1 Å². The summed E-state index contributed by atoms with van der Waals surface area (Å²) in [6.45, 7) is 2.29. The fraction of sp³-hybridized carbons (Fsp3) is 0.167. The summed E-state index contributed by atoms with van der Waals surface area (Å²) in [5, 5.41) is 7.66. The Balaban J connectivity index is 1.45. The van der Waals surface area contributed by atoms with Crippen LogP contribution in [0.1, 0.15) is 33.0 Å². The van der Waals surface area contributed by atoms with Gasteiger partial charge in [0.1, 0.15) is 0 Å². The normalized spacial score (nSPS) is 10.7. The largest absolute Gasteiger partial charge is 0.352 e. The number of para-hydroxylation sites is 1. The van der Waals surface area contributed by atoms with Crippen molar-refractivity contribution in [3.05, 3.63) is 88.5 Å². The molecule has 31 heavy (non-hydrogen) atoms. The number of benzene rings is 1. The van der Waals surface area contributed by atoms with Crippen LogP contribution in [0.4, 0.5) is 0 Å². The molecule has 0 radical (unpaired) electrons. The third kappa shape index (κ3) is 5.13. The summed E-state index contributed by atoms with van der Waals surface area (Å²) < 4.78 is 1.81. The van der Waals surface area contributed by atoms with Crippen molar-refractivity contribution in [2.75, 3.05) is 0 Å². The number of aryl methyl sites for hydroxylation is 1. The maximum atomic E-state index is 12.4. The van der Waals surface area contributed by atoms with Gasteiger partial charge in [-0.3, -0.25) is 14.6 Å². The topological polar surface area (TPSA) is 76.9 Å². The van der Waals surface area contributed by atoms with E-state index in [0.29, 0.717) is 11.4 Å². The second-order valence-electron chi connectivity index (χ2n) is 7.13. The average molecular weight is 431 g/mol. The minimum atomic E-state index is -0.158. The zero-order valence-corrected chi connectivity index (χ0v) is 17.9. The Morgan fingerprint density at radius 2 is 1.77 bits per heavy atom. The van der Waals surface area contributed by atoms with Gasteiger partial charge in [0.15, 0.2) is 5.78 Å². The van der Waals surface area contributed by atoms with E-state index in [1.54, 1.807) is 17.1 Å². The van der Waals surface area contributed by atoms with Crippen LogP contribution >= 0.6 is 11.3 Å². The summed E-state index contributed by atoms with van der Waals surface area (Å²) in [6.07, 6.45) is 5.72. The highest BCUT2D eigenvalue weighted by Crippen LogP contribution is 2.23. The summed E-state index contributed by atoms with van der Waals surface area (Å²) >= 11 is 1.46. The molecule has 4 aromatic rings. The van der Waals surface area contributed by atoms with E-state index in [2.05, 4.69) is 10.3 Å². The average Bonchev–Trinajstić information content (AvgIpc) is 3.44. The molecular weight excluding hydrogens is 408 g/mol. The molecule has 0 aliphatic carbocycles. The second-order valence-corrected chi connectivity index (χ2v) is 8.42. The summed E-state index contributed by atoms with van der Waals surface area (Å²) in [5.74, 6) is -0.155. The van der Waals surface area contributed by atoms with Crippen molar-refractivity contribution in [1.29, 1.82) is 0 Å². The van der Waals surface area contributed by atoms with Crippen molar-refractivity contribution in [3.8, 4) is 16.9 Å². The van der Waals surface area contributed by atoms with Crippen LogP contribution in [0.5, 0.6) is 0 Å². The molecular formula is C24H22N4O2S. The number of Topliss-reactive ketones (excluding diaryl/α,β-unsaturated/α-hetero) is 1. The molecule has 0 atom stereocenters. The number of aromatic nitrogens is 3. The fourth-order valence-electron chi connectivity index (χ4n) is 3.22. The van der Waals surface area contributed by atoms with Crippen LogP contribution in [0, 0.1) is 6.92 Å². The van der Waals surface area contributed by atoms with Gasteiger partial charge < -0.3 is 5.32 Å². The number of carbonyl (C=O) groups is 2. The van der Waals surface area contributed by atoms with E-state index >= 15 is 0 Å². The molecule has 1 amide bonds. The van der Waals surface area contributed by atoms with E-state index in [-0.39, 0.29) is 24.5 Å². The number of nitrogens with zero attached hydrogens (tertiary/aromatic N) is 3. The van der Waals surface area contributed by atoms with E-state index < -0.39 is 0 Å². The number of nitrogens with one attached hydrogen (secondary N) is 1. The molecule has 0 spiro atoms. The highest BCUT2D eigenvalue weighted by atomic mass is 32.1. The SMILES string of the molecule is Cc1ccc(C(=O)CCC(=O)NCc2cn(-c3ccccc3)nc2-c2ccncc2)s1. The van der Waals surface area contributed by atoms with Gasteiger partial charge in [-0.2, -0.15) is 5.10 Å². The Bertz CT molecular complexity index is 1180. The molecule has 7 heteroatoms. The Morgan fingerprint density at radius 1 is 1.00 bits per heavy atom. The lowest BCUT2D eigenvalue weighted by Gasteiger charge is -2.05. The van der Waals surface area contributed by atoms with Crippen LogP contribution in [0.2, 0.25) is 0 Å². The third-order valence-corrected chi connectivity index (χ3v) is 5.88. The highest BCUT2D eigenvalue weighted by Gasteiger charge is 2.15. The molecule has 1 N–H and O–H groups in total. The van der Waals surface area contributed by atoms with Crippen molar-refractivity contribution >= 4 is 23.0 Å². The number of hydrogen-bond donors (Lipinski definition) is 1. The molecule has 3 aromatic heterocycles. The van der Waals surface area contributed by atoms with E-state index in [1.165, 1.54) is 11.3 Å². The van der Waals surface area contributed by atoms with E-state index in [4.69, 9.17) is 5.10 Å². The van der Waals surface area contributed by atoms with Gasteiger partial charge in [0, 0.05) is 54.0 Å². The molecule has 3 heterocycles. The first kappa shape index (κ1) is 20.7. The maximum Gasteiger partial charge on any atom is 0.220 e. The number of amides is 1. The van der Waals surface area contributed by atoms with Gasteiger partial charge in [0.2, 0.25) is 5.91 Å². The Kier molecular flexibility index (Phi) is 6.33. The molecule has 0 aliphatic heterocycles. The van der Waals surface area contributed by atoms with Gasteiger partial charge in [-0.15, -0.1) is 11.3 Å². The minimum Gasteiger partial charge on any atom is -0.352 e. The van der Waals surface area contributed by atoms with E-state index in [9.17, 15) is 9.59 Å². The summed E-state index contributed by atoms with van der Waals surface area (Å²) in [7, 11) is 0. The Labute approximate surface area is 184 Å². The van der Waals surface area contributed by atoms with Crippen LogP contribution in [0.15, 0.2) is 73.2 Å². The zero-order chi connectivity index (χ0) is 21.6. The predicted molar refractivity (Wildman–Crippen MR) is 121 cm³/mol. The summed E-state index contributed by atoms with van der Waals surface area (Å²) in [5.41, 5.74) is 3.55. The van der Waals surface area contributed by atoms with Crippen LogP contribution in [-0.4, -0.2) is 26.5 Å². The lowest BCUT2D eigenvalue weighted by molar-refractivity contribution is -0.121. The quantitative estimate of drug-likeness (QED) is 0.415. The Morgan fingerprint density at radius 3 is 2.48 bits per heavy atom. The van der Waals surface area contributed by atoms with Crippen molar-refractivity contribution in [2.24, 2.45) is 0 Å². The first-order valence-electron chi connectivity index (χ1n) is 10.0. The van der Waals surface area contributed by atoms with Gasteiger partial charge in [-0.05, 0) is 43.3 Å². The van der Waals surface area contributed by atoms with Gasteiger partial charge in [0.25, 0.3) is 0 Å². The van der Waals surface area contributed by atoms with Crippen molar-refractivity contribution in [2.45, 2.75) is 26.3 Å². The van der Waals surface area contributed by atoms with Gasteiger partial charge in [0.05, 0.1) is 16.3 Å². The highest BCUT2D eigenvalue weighted by molar-refractivity contribution is 7.14. The smallest absolute Gasteiger partial charge is 0.220 e. The first-order chi connectivity index (χ1) is 15.1. The molecule has 4 rings (SSSR count). The molecule has 0 saturated heterocycles. The van der Waals surface area contributed by atoms with E-state index in [0.717, 1.165) is 27.4 Å². The number of pyridine rings is 1. The monoisotopic (exact) mass is 430 g/mol. The number of rotatable bonds is 8. The zero-order valence-electron chi connectivity index (χ0n) is 17.1. The standard InChI is InChI=1S/C24H22N4O2S/c1-17-7-9-22(31-17)21(29)8-10-23(30)26-15-19-16-28(20-5-3-2-4-6-20)27-24(19)18-11-13-25-14-12-18/h2-7,9,11-14,16H,8,10,15H2,1H3,(H,26,30). The van der Waals surface area contributed by atoms with Gasteiger partial charge in [-0.1, -0.05) is 18.2 Å². The predicted octanol–water partition coefficient (Wildman–Crippen LogP) is 4.58. The molecule has 0 aliphatic rings. The van der Waals surface area contributed by atoms with Gasteiger partial charge >= 0.3 is 0 Å². The molecule has 6 nitrogen and oxygen atoms in total.